The second-order valence-electron chi connectivity index (χ2n) is 5.49. The molecule has 0 fully saturated rings. The Bertz CT molecular complexity index is 1090. The zero-order chi connectivity index (χ0) is 19.4. The molecule has 6 nitrogen and oxygen atoms in total. The molecule has 2 aromatic carbocycles. The number of amides is 1. The lowest BCUT2D eigenvalue weighted by molar-refractivity contribution is 0.102. The maximum absolute atomic E-state index is 12.6. The number of pyridine rings is 1. The molecule has 0 atom stereocenters. The molecular weight excluding hydrogens is 454 g/mol. The molecule has 1 amide bonds. The summed E-state index contributed by atoms with van der Waals surface area (Å²) < 4.78 is 28.3. The Labute approximate surface area is 169 Å². The molecule has 0 bridgehead atoms. The average Bonchev–Trinajstić information content (AvgIpc) is 2.64. The highest BCUT2D eigenvalue weighted by atomic mass is 79.9. The summed E-state index contributed by atoms with van der Waals surface area (Å²) in [7, 11) is -3.82. The number of benzene rings is 2. The smallest absolute Gasteiger partial charge is 0.261 e. The Kier molecular flexibility index (Phi) is 5.79. The molecular formula is C18H13BrClN3O3S. The van der Waals surface area contributed by atoms with Gasteiger partial charge in [-0.25, -0.2) is 8.42 Å². The first-order chi connectivity index (χ1) is 12.8. The van der Waals surface area contributed by atoms with Crippen LogP contribution in [0.25, 0.3) is 0 Å². The molecule has 0 unspecified atom stereocenters. The van der Waals surface area contributed by atoms with E-state index in [2.05, 4.69) is 31.0 Å². The van der Waals surface area contributed by atoms with E-state index >= 15 is 0 Å². The third-order valence-electron chi connectivity index (χ3n) is 3.47. The molecule has 2 N–H and O–H groups in total. The van der Waals surface area contributed by atoms with Crippen LogP contribution in [-0.4, -0.2) is 19.3 Å². The van der Waals surface area contributed by atoms with Crippen molar-refractivity contribution >= 4 is 54.8 Å². The molecule has 3 rings (SSSR count). The largest absolute Gasteiger partial charge is 0.322 e. The van der Waals surface area contributed by atoms with Gasteiger partial charge in [0.2, 0.25) is 0 Å². The molecule has 0 spiro atoms. The maximum atomic E-state index is 12.6. The van der Waals surface area contributed by atoms with Crippen molar-refractivity contribution in [3.63, 3.8) is 0 Å². The quantitative estimate of drug-likeness (QED) is 0.577. The van der Waals surface area contributed by atoms with E-state index in [1.165, 1.54) is 18.3 Å². The van der Waals surface area contributed by atoms with Gasteiger partial charge in [-0.1, -0.05) is 17.7 Å². The number of sulfonamides is 1. The Balaban J connectivity index is 1.80. The van der Waals surface area contributed by atoms with E-state index in [-0.39, 0.29) is 4.90 Å². The van der Waals surface area contributed by atoms with Crippen molar-refractivity contribution in [2.24, 2.45) is 0 Å². The number of aromatic nitrogens is 1. The molecule has 1 heterocycles. The molecule has 0 radical (unpaired) electrons. The van der Waals surface area contributed by atoms with Crippen LogP contribution in [0.1, 0.15) is 10.4 Å². The normalized spacial score (nSPS) is 11.0. The first-order valence-electron chi connectivity index (χ1n) is 7.64. The standard InChI is InChI=1S/C18H13BrClN3O3S/c19-13-8-12(10-21-11-13)18(24)22-16-2-1-3-17(9-16)27(25,26)23-15-6-4-14(20)5-7-15/h1-11,23H,(H,22,24). The predicted molar refractivity (Wildman–Crippen MR) is 109 cm³/mol. The molecule has 0 aliphatic heterocycles. The first kappa shape index (κ1) is 19.3. The van der Waals surface area contributed by atoms with Gasteiger partial charge in [0.1, 0.15) is 0 Å². The van der Waals surface area contributed by atoms with Gasteiger partial charge in [-0.2, -0.15) is 0 Å². The summed E-state index contributed by atoms with van der Waals surface area (Å²) in [6, 6.07) is 13.9. The first-order valence-corrected chi connectivity index (χ1v) is 10.3. The Morgan fingerprint density at radius 1 is 1.00 bits per heavy atom. The number of hydrogen-bond donors (Lipinski definition) is 2. The third-order valence-corrected chi connectivity index (χ3v) is 5.53. The van der Waals surface area contributed by atoms with Crippen LogP contribution in [0, 0.1) is 0 Å². The Hall–Kier alpha value is -2.42. The van der Waals surface area contributed by atoms with Crippen molar-refractivity contribution in [2.45, 2.75) is 4.90 Å². The number of nitrogens with zero attached hydrogens (tertiary/aromatic N) is 1. The van der Waals surface area contributed by atoms with Crippen LogP contribution in [0.3, 0.4) is 0 Å². The molecule has 1 aromatic heterocycles. The molecule has 0 aliphatic carbocycles. The third kappa shape index (κ3) is 5.06. The minimum absolute atomic E-state index is 0.0163. The lowest BCUT2D eigenvalue weighted by atomic mass is 10.2. The fourth-order valence-electron chi connectivity index (χ4n) is 2.21. The molecule has 0 saturated carbocycles. The summed E-state index contributed by atoms with van der Waals surface area (Å²) in [6.45, 7) is 0. The fourth-order valence-corrected chi connectivity index (χ4v) is 3.81. The fraction of sp³-hybridized carbons (Fsp3) is 0. The van der Waals surface area contributed by atoms with Crippen molar-refractivity contribution in [3.8, 4) is 0 Å². The summed E-state index contributed by atoms with van der Waals surface area (Å²) in [5.74, 6) is -0.399. The van der Waals surface area contributed by atoms with Crippen molar-refractivity contribution in [1.29, 1.82) is 0 Å². The van der Waals surface area contributed by atoms with Gasteiger partial charge in [0.15, 0.2) is 0 Å². The lowest BCUT2D eigenvalue weighted by Gasteiger charge is -2.10. The van der Waals surface area contributed by atoms with Crippen LogP contribution in [0.2, 0.25) is 5.02 Å². The topological polar surface area (TPSA) is 88.2 Å². The molecule has 0 aliphatic rings. The summed E-state index contributed by atoms with van der Waals surface area (Å²) in [5.41, 5.74) is 1.07. The number of nitrogens with one attached hydrogen (secondary N) is 2. The summed E-state index contributed by atoms with van der Waals surface area (Å²) in [6.07, 6.45) is 2.98. The monoisotopic (exact) mass is 465 g/mol. The predicted octanol–water partition coefficient (Wildman–Crippen LogP) is 4.55. The summed E-state index contributed by atoms with van der Waals surface area (Å²) >= 11 is 9.06. The van der Waals surface area contributed by atoms with Crippen molar-refractivity contribution in [1.82, 2.24) is 4.98 Å². The Morgan fingerprint density at radius 2 is 1.74 bits per heavy atom. The van der Waals surface area contributed by atoms with E-state index in [4.69, 9.17) is 11.6 Å². The number of halogens is 2. The number of carbonyl (C=O) groups is 1. The number of hydrogen-bond acceptors (Lipinski definition) is 4. The zero-order valence-corrected chi connectivity index (χ0v) is 16.8. The maximum Gasteiger partial charge on any atom is 0.261 e. The average molecular weight is 467 g/mol. The lowest BCUT2D eigenvalue weighted by Crippen LogP contribution is -2.15. The van der Waals surface area contributed by atoms with E-state index < -0.39 is 15.9 Å². The van der Waals surface area contributed by atoms with Crippen LogP contribution in [-0.2, 0) is 10.0 Å². The Morgan fingerprint density at radius 3 is 2.44 bits per heavy atom. The van der Waals surface area contributed by atoms with E-state index in [9.17, 15) is 13.2 Å². The van der Waals surface area contributed by atoms with Crippen molar-refractivity contribution in [3.05, 3.63) is 82.0 Å². The van der Waals surface area contributed by atoms with Gasteiger partial charge in [-0.3, -0.25) is 14.5 Å². The summed E-state index contributed by atoms with van der Waals surface area (Å²) in [4.78, 5) is 16.3. The van der Waals surface area contributed by atoms with Crippen LogP contribution in [0.4, 0.5) is 11.4 Å². The van der Waals surface area contributed by atoms with Crippen molar-refractivity contribution in [2.75, 3.05) is 10.0 Å². The number of carbonyl (C=O) groups excluding carboxylic acids is 1. The molecule has 0 saturated heterocycles. The van der Waals surface area contributed by atoms with Gasteiger partial charge < -0.3 is 5.32 Å². The van der Waals surface area contributed by atoms with Crippen LogP contribution in [0.15, 0.2) is 76.4 Å². The van der Waals surface area contributed by atoms with E-state index in [1.54, 1.807) is 48.7 Å². The highest BCUT2D eigenvalue weighted by molar-refractivity contribution is 9.10. The summed E-state index contributed by atoms with van der Waals surface area (Å²) in [5, 5.41) is 3.16. The second-order valence-corrected chi connectivity index (χ2v) is 8.52. The molecule has 27 heavy (non-hydrogen) atoms. The van der Waals surface area contributed by atoms with Gasteiger partial charge in [-0.05, 0) is 64.5 Å². The van der Waals surface area contributed by atoms with E-state index in [0.717, 1.165) is 0 Å². The second kappa shape index (κ2) is 8.08. The number of anilines is 2. The molecule has 3 aromatic rings. The van der Waals surface area contributed by atoms with E-state index in [0.29, 0.717) is 26.4 Å². The van der Waals surface area contributed by atoms with Gasteiger partial charge in [-0.15, -0.1) is 0 Å². The number of rotatable bonds is 5. The van der Waals surface area contributed by atoms with E-state index in [1.807, 2.05) is 0 Å². The minimum atomic E-state index is -3.82. The van der Waals surface area contributed by atoms with Crippen LogP contribution in [0.5, 0.6) is 0 Å². The molecule has 9 heteroatoms. The van der Waals surface area contributed by atoms with Crippen LogP contribution >= 0.6 is 27.5 Å². The minimum Gasteiger partial charge on any atom is -0.322 e. The SMILES string of the molecule is O=C(Nc1cccc(S(=O)(=O)Nc2ccc(Cl)cc2)c1)c1cncc(Br)c1. The molecule has 138 valence electrons. The van der Waals surface area contributed by atoms with Gasteiger partial charge in [0.05, 0.1) is 10.5 Å². The van der Waals surface area contributed by atoms with Gasteiger partial charge in [0, 0.05) is 33.3 Å². The van der Waals surface area contributed by atoms with Gasteiger partial charge in [0.25, 0.3) is 15.9 Å². The highest BCUT2D eigenvalue weighted by Crippen LogP contribution is 2.21. The van der Waals surface area contributed by atoms with Crippen molar-refractivity contribution < 1.29 is 13.2 Å². The highest BCUT2D eigenvalue weighted by Gasteiger charge is 2.16. The van der Waals surface area contributed by atoms with Crippen LogP contribution < -0.4 is 10.0 Å². The zero-order valence-electron chi connectivity index (χ0n) is 13.7. The van der Waals surface area contributed by atoms with Gasteiger partial charge >= 0.3 is 0 Å².